The molecule has 112 valence electrons. The second-order valence-electron chi connectivity index (χ2n) is 6.04. The summed E-state index contributed by atoms with van der Waals surface area (Å²) in [6.07, 6.45) is 2.34. The fourth-order valence-corrected chi connectivity index (χ4v) is 3.30. The van der Waals surface area contributed by atoms with Crippen molar-refractivity contribution in [2.24, 2.45) is 7.05 Å². The van der Waals surface area contributed by atoms with E-state index in [0.717, 1.165) is 31.1 Å². The summed E-state index contributed by atoms with van der Waals surface area (Å²) in [5, 5.41) is 11.5. The second-order valence-corrected chi connectivity index (χ2v) is 6.04. The van der Waals surface area contributed by atoms with Crippen molar-refractivity contribution in [1.82, 2.24) is 15.1 Å². The highest BCUT2D eigenvalue weighted by atomic mass is 15.3. The third kappa shape index (κ3) is 2.95. The molecule has 1 aliphatic rings. The van der Waals surface area contributed by atoms with Gasteiger partial charge in [0.1, 0.15) is 5.82 Å². The van der Waals surface area contributed by atoms with E-state index in [2.05, 4.69) is 52.1 Å². The predicted molar refractivity (Wildman–Crippen MR) is 86.7 cm³/mol. The first-order valence-corrected chi connectivity index (χ1v) is 7.70. The zero-order valence-corrected chi connectivity index (χ0v) is 12.9. The first kappa shape index (κ1) is 14.1. The third-order valence-corrected chi connectivity index (χ3v) is 4.56. The van der Waals surface area contributed by atoms with Crippen LogP contribution in [-0.4, -0.2) is 29.4 Å². The van der Waals surface area contributed by atoms with Gasteiger partial charge in [-0.1, -0.05) is 30.3 Å². The number of hydrogen-bond donors (Lipinski definition) is 2. The van der Waals surface area contributed by atoms with Crippen molar-refractivity contribution in [2.45, 2.75) is 25.2 Å². The predicted octanol–water partition coefficient (Wildman–Crippen LogP) is 2.46. The van der Waals surface area contributed by atoms with Crippen LogP contribution in [0.5, 0.6) is 0 Å². The van der Waals surface area contributed by atoms with Gasteiger partial charge in [-0.25, -0.2) is 0 Å². The van der Waals surface area contributed by atoms with Gasteiger partial charge >= 0.3 is 0 Å². The largest absolute Gasteiger partial charge is 0.369 e. The molecule has 1 saturated heterocycles. The van der Waals surface area contributed by atoms with Crippen LogP contribution in [0.15, 0.2) is 36.4 Å². The maximum Gasteiger partial charge on any atom is 0.124 e. The Morgan fingerprint density at radius 1 is 1.24 bits per heavy atom. The number of aromatic nitrogens is 2. The van der Waals surface area contributed by atoms with E-state index in [0.29, 0.717) is 0 Å². The van der Waals surface area contributed by atoms with E-state index in [1.807, 2.05) is 18.7 Å². The molecule has 0 spiro atoms. The van der Waals surface area contributed by atoms with Gasteiger partial charge in [-0.05, 0) is 38.4 Å². The van der Waals surface area contributed by atoms with E-state index in [-0.39, 0.29) is 5.41 Å². The van der Waals surface area contributed by atoms with Crippen molar-refractivity contribution >= 4 is 5.82 Å². The van der Waals surface area contributed by atoms with E-state index >= 15 is 0 Å². The van der Waals surface area contributed by atoms with Crippen LogP contribution < -0.4 is 10.6 Å². The average Bonchev–Trinajstić information content (AvgIpc) is 2.85. The van der Waals surface area contributed by atoms with Gasteiger partial charge in [0.05, 0.1) is 5.69 Å². The first-order valence-electron chi connectivity index (χ1n) is 7.70. The molecule has 1 aromatic heterocycles. The summed E-state index contributed by atoms with van der Waals surface area (Å²) in [6, 6.07) is 13.0. The quantitative estimate of drug-likeness (QED) is 0.906. The Morgan fingerprint density at radius 2 is 1.95 bits per heavy atom. The molecule has 3 rings (SSSR count). The number of rotatable bonds is 4. The van der Waals surface area contributed by atoms with Gasteiger partial charge in [0.15, 0.2) is 0 Å². The molecule has 0 aliphatic carbocycles. The molecule has 2 aromatic rings. The number of nitrogens with zero attached hydrogens (tertiary/aromatic N) is 2. The molecule has 1 aromatic carbocycles. The highest BCUT2D eigenvalue weighted by Crippen LogP contribution is 2.33. The fraction of sp³-hybridized carbons (Fsp3) is 0.471. The van der Waals surface area contributed by atoms with Crippen LogP contribution in [0, 0.1) is 6.92 Å². The summed E-state index contributed by atoms with van der Waals surface area (Å²) in [5.74, 6) is 1.10. The SMILES string of the molecule is Cc1cc(NCC2(c3ccccc3)CCNCC2)n(C)n1. The Bertz CT molecular complexity index is 582. The first-order chi connectivity index (χ1) is 10.2. The number of anilines is 1. The van der Waals surface area contributed by atoms with Crippen molar-refractivity contribution in [2.75, 3.05) is 25.0 Å². The highest BCUT2D eigenvalue weighted by molar-refractivity contribution is 5.39. The molecule has 2 heterocycles. The molecule has 2 N–H and O–H groups in total. The van der Waals surface area contributed by atoms with Crippen molar-refractivity contribution in [3.63, 3.8) is 0 Å². The molecule has 0 radical (unpaired) electrons. The minimum Gasteiger partial charge on any atom is -0.369 e. The molecule has 1 fully saturated rings. The van der Waals surface area contributed by atoms with E-state index < -0.39 is 0 Å². The van der Waals surface area contributed by atoms with Crippen LogP contribution in [-0.2, 0) is 12.5 Å². The molecule has 0 amide bonds. The van der Waals surface area contributed by atoms with Crippen LogP contribution in [0.3, 0.4) is 0 Å². The smallest absolute Gasteiger partial charge is 0.124 e. The van der Waals surface area contributed by atoms with E-state index in [4.69, 9.17) is 0 Å². The van der Waals surface area contributed by atoms with Crippen molar-refractivity contribution in [3.05, 3.63) is 47.7 Å². The molecule has 0 atom stereocenters. The third-order valence-electron chi connectivity index (χ3n) is 4.56. The Morgan fingerprint density at radius 3 is 2.57 bits per heavy atom. The minimum atomic E-state index is 0.213. The zero-order chi connectivity index (χ0) is 14.7. The summed E-state index contributed by atoms with van der Waals surface area (Å²) in [6.45, 7) is 5.16. The van der Waals surface area contributed by atoms with Crippen LogP contribution in [0.2, 0.25) is 0 Å². The van der Waals surface area contributed by atoms with Gasteiger partial charge in [-0.3, -0.25) is 4.68 Å². The lowest BCUT2D eigenvalue weighted by molar-refractivity contribution is 0.322. The number of aryl methyl sites for hydroxylation is 2. The van der Waals surface area contributed by atoms with Crippen molar-refractivity contribution in [1.29, 1.82) is 0 Å². The van der Waals surface area contributed by atoms with Gasteiger partial charge < -0.3 is 10.6 Å². The summed E-state index contributed by atoms with van der Waals surface area (Å²) in [4.78, 5) is 0. The molecule has 0 saturated carbocycles. The Labute approximate surface area is 126 Å². The van der Waals surface area contributed by atoms with Crippen LogP contribution in [0.1, 0.15) is 24.1 Å². The Kier molecular flexibility index (Phi) is 3.97. The zero-order valence-electron chi connectivity index (χ0n) is 12.9. The summed E-state index contributed by atoms with van der Waals surface area (Å²) in [5.41, 5.74) is 2.71. The van der Waals surface area contributed by atoms with Gasteiger partial charge in [0.25, 0.3) is 0 Å². The molecule has 1 aliphatic heterocycles. The summed E-state index contributed by atoms with van der Waals surface area (Å²) in [7, 11) is 1.99. The van der Waals surface area contributed by atoms with Gasteiger partial charge in [0.2, 0.25) is 0 Å². The van der Waals surface area contributed by atoms with Gasteiger partial charge in [-0.2, -0.15) is 5.10 Å². The molecule has 0 bridgehead atoms. The standard InChI is InChI=1S/C17H24N4/c1-14-12-16(21(2)20-14)19-13-17(8-10-18-11-9-17)15-6-4-3-5-7-15/h3-7,12,18-19H,8-11,13H2,1-2H3. The maximum absolute atomic E-state index is 4.41. The van der Waals surface area contributed by atoms with Gasteiger partial charge in [-0.15, -0.1) is 0 Å². The maximum atomic E-state index is 4.41. The number of benzene rings is 1. The minimum absolute atomic E-state index is 0.213. The number of hydrogen-bond acceptors (Lipinski definition) is 3. The van der Waals surface area contributed by atoms with E-state index in [1.165, 1.54) is 18.4 Å². The van der Waals surface area contributed by atoms with Crippen LogP contribution >= 0.6 is 0 Å². The van der Waals surface area contributed by atoms with Crippen molar-refractivity contribution in [3.8, 4) is 0 Å². The average molecular weight is 284 g/mol. The normalized spacial score (nSPS) is 17.6. The second kappa shape index (κ2) is 5.90. The Balaban J connectivity index is 1.81. The van der Waals surface area contributed by atoms with Crippen LogP contribution in [0.25, 0.3) is 0 Å². The van der Waals surface area contributed by atoms with Crippen molar-refractivity contribution < 1.29 is 0 Å². The molecule has 21 heavy (non-hydrogen) atoms. The van der Waals surface area contributed by atoms with E-state index in [1.54, 1.807) is 0 Å². The summed E-state index contributed by atoms with van der Waals surface area (Å²) < 4.78 is 1.93. The van der Waals surface area contributed by atoms with Gasteiger partial charge in [0, 0.05) is 25.1 Å². The topological polar surface area (TPSA) is 41.9 Å². The molecule has 0 unspecified atom stereocenters. The molecule has 4 nitrogen and oxygen atoms in total. The molecule has 4 heteroatoms. The lowest BCUT2D eigenvalue weighted by Crippen LogP contribution is -2.44. The lowest BCUT2D eigenvalue weighted by Gasteiger charge is -2.38. The Hall–Kier alpha value is -1.81. The van der Waals surface area contributed by atoms with E-state index in [9.17, 15) is 0 Å². The molecular weight excluding hydrogens is 260 g/mol. The van der Waals surface area contributed by atoms with Crippen LogP contribution in [0.4, 0.5) is 5.82 Å². The number of nitrogens with one attached hydrogen (secondary N) is 2. The lowest BCUT2D eigenvalue weighted by atomic mass is 9.73. The number of piperidine rings is 1. The highest BCUT2D eigenvalue weighted by Gasteiger charge is 2.33. The molecular formula is C17H24N4. The monoisotopic (exact) mass is 284 g/mol. The summed E-state index contributed by atoms with van der Waals surface area (Å²) >= 11 is 0. The fourth-order valence-electron chi connectivity index (χ4n) is 3.30.